The molecule has 0 aromatic carbocycles. The summed E-state index contributed by atoms with van der Waals surface area (Å²) in [6, 6.07) is 6.28. The van der Waals surface area contributed by atoms with Crippen molar-refractivity contribution in [3.63, 3.8) is 0 Å². The van der Waals surface area contributed by atoms with Gasteiger partial charge < -0.3 is 0 Å². The maximum absolute atomic E-state index is 4.01. The van der Waals surface area contributed by atoms with Crippen molar-refractivity contribution in [2.75, 3.05) is 0 Å². The lowest BCUT2D eigenvalue weighted by Crippen LogP contribution is -2.28. The van der Waals surface area contributed by atoms with E-state index in [2.05, 4.69) is 19.5 Å². The van der Waals surface area contributed by atoms with Crippen LogP contribution in [-0.2, 0) is 0 Å². The normalized spacial score (nSPS) is 56.7. The van der Waals surface area contributed by atoms with Crippen molar-refractivity contribution >= 4 is 34.7 Å². The number of hydrogen-bond donors (Lipinski definition) is 0. The van der Waals surface area contributed by atoms with Gasteiger partial charge in [-0.1, -0.05) is 29.8 Å². The molecule has 2 fully saturated rings. The van der Waals surface area contributed by atoms with Crippen LogP contribution in [0.25, 0.3) is 0 Å². The highest BCUT2D eigenvalue weighted by Gasteiger charge is 2.50. The Hall–Kier alpha value is 0.868. The Morgan fingerprint density at radius 1 is 0.778 bits per heavy atom. The summed E-state index contributed by atoms with van der Waals surface area (Å²) < 4.78 is 0. The first kappa shape index (κ1) is 6.57. The van der Waals surface area contributed by atoms with Crippen LogP contribution in [0.3, 0.4) is 0 Å². The van der Waals surface area contributed by atoms with Crippen LogP contribution < -0.4 is 0 Å². The van der Waals surface area contributed by atoms with Crippen molar-refractivity contribution in [1.29, 1.82) is 0 Å². The molecule has 0 aromatic rings. The van der Waals surface area contributed by atoms with E-state index in [1.165, 1.54) is 0 Å². The van der Waals surface area contributed by atoms with Gasteiger partial charge in [0, 0.05) is 34.7 Å². The van der Waals surface area contributed by atoms with Crippen molar-refractivity contribution in [2.45, 2.75) is 29.8 Å². The summed E-state index contributed by atoms with van der Waals surface area (Å²) in [5, 5.41) is 0. The zero-order chi connectivity index (χ0) is 6.54. The first-order chi connectivity index (χ1) is 4.12. The van der Waals surface area contributed by atoms with Crippen LogP contribution in [0.5, 0.6) is 0 Å². The molecule has 0 aliphatic carbocycles. The lowest BCUT2D eigenvalue weighted by atomic mass is 10.9. The van der Waals surface area contributed by atoms with Crippen LogP contribution in [0.15, 0.2) is 0 Å². The quantitative estimate of drug-likeness (QED) is 0.486. The Kier molecular flexibility index (Phi) is 1.26. The third-order valence-corrected chi connectivity index (χ3v) is 20.3. The fraction of sp³-hybridized carbons (Fsp3) is 1.00. The van der Waals surface area contributed by atoms with Crippen molar-refractivity contribution in [3.8, 4) is 0 Å². The Labute approximate surface area is 64.9 Å². The molecule has 0 atom stereocenters. The molecule has 6 radical (unpaired) electrons. The summed E-state index contributed by atoms with van der Waals surface area (Å²) in [5.74, 6) is 0. The number of fused-ring (bicyclic) bond motifs is 2. The topological polar surface area (TPSA) is 0 Å². The second-order valence-corrected chi connectivity index (χ2v) is 18.6. The van der Waals surface area contributed by atoms with Gasteiger partial charge in [0.05, 0.1) is 0 Å². The molecular weight excluding hydrogens is 172 g/mol. The molecule has 2 aliphatic rings. The molecule has 2 rings (SSSR count). The maximum Gasteiger partial charge on any atom is 0.0348 e. The Morgan fingerprint density at radius 2 is 1.11 bits per heavy atom. The van der Waals surface area contributed by atoms with E-state index in [-0.39, 0.29) is 0 Å². The molecule has 0 aromatic heterocycles. The van der Waals surface area contributed by atoms with Crippen molar-refractivity contribution in [1.82, 2.24) is 0 Å². The molecule has 9 heavy (non-hydrogen) atoms. The highest BCUT2D eigenvalue weighted by Crippen LogP contribution is 2.47. The molecule has 0 nitrogen and oxygen atoms in total. The molecule has 0 spiro atoms. The van der Waals surface area contributed by atoms with E-state index in [0.29, 0.717) is 0 Å². The van der Waals surface area contributed by atoms with Gasteiger partial charge in [-0.3, -0.25) is 0 Å². The van der Waals surface area contributed by atoms with Crippen LogP contribution in [0.4, 0.5) is 0 Å². The summed E-state index contributed by atoms with van der Waals surface area (Å²) in [6.45, 7) is 0. The third-order valence-electron chi connectivity index (χ3n) is 2.84. The lowest BCUT2D eigenvalue weighted by molar-refractivity contribution is 1.23. The van der Waals surface area contributed by atoms with E-state index in [1.807, 2.05) is 0 Å². The van der Waals surface area contributed by atoms with E-state index in [0.717, 1.165) is 0 Å². The van der Waals surface area contributed by atoms with Gasteiger partial charge in [-0.2, -0.15) is 0 Å². The van der Waals surface area contributed by atoms with Crippen LogP contribution in [0.2, 0.25) is 29.8 Å². The predicted octanol–water partition coefficient (Wildman–Crippen LogP) is 0.781. The predicted molar refractivity (Wildman–Crippen MR) is 47.1 cm³/mol. The molecule has 2 bridgehead atoms. The SMILES string of the molecule is [Si][Si]12CC[Si]([Si])(CC1)C2. The standard InChI is InChI=1S/C5H10Si4/c6-8-1-2-9(7,5-8)4-3-8/h1-5H2. The minimum atomic E-state index is -0.740. The summed E-state index contributed by atoms with van der Waals surface area (Å²) in [6.07, 6.45) is 0. The molecule has 2 aliphatic heterocycles. The maximum atomic E-state index is 4.01. The molecule has 0 N–H and O–H groups in total. The van der Waals surface area contributed by atoms with Gasteiger partial charge >= 0.3 is 0 Å². The molecular formula is C5H10Si4. The lowest BCUT2D eigenvalue weighted by Gasteiger charge is -2.19. The number of hydrogen-bond acceptors (Lipinski definition) is 0. The van der Waals surface area contributed by atoms with E-state index in [9.17, 15) is 0 Å². The summed E-state index contributed by atoms with van der Waals surface area (Å²) in [7, 11) is 6.55. The van der Waals surface area contributed by atoms with E-state index < -0.39 is 15.2 Å². The Bertz CT molecular complexity index is 120. The summed E-state index contributed by atoms with van der Waals surface area (Å²) in [4.78, 5) is 0. The van der Waals surface area contributed by atoms with Crippen molar-refractivity contribution in [2.24, 2.45) is 0 Å². The van der Waals surface area contributed by atoms with E-state index >= 15 is 0 Å². The van der Waals surface area contributed by atoms with Gasteiger partial charge in [0.25, 0.3) is 0 Å². The number of rotatable bonds is 0. The third kappa shape index (κ3) is 0.960. The van der Waals surface area contributed by atoms with Crippen LogP contribution in [0.1, 0.15) is 0 Å². The van der Waals surface area contributed by atoms with Crippen molar-refractivity contribution < 1.29 is 0 Å². The molecule has 4 heteroatoms. The first-order valence-electron chi connectivity index (χ1n) is 3.62. The van der Waals surface area contributed by atoms with Crippen LogP contribution >= 0.6 is 0 Å². The molecule has 46 valence electrons. The smallest absolute Gasteiger partial charge is 0.0348 e. The zero-order valence-corrected chi connectivity index (χ0v) is 9.54. The highest BCUT2D eigenvalue weighted by molar-refractivity contribution is 7.36. The zero-order valence-electron chi connectivity index (χ0n) is 5.54. The Balaban J connectivity index is 2.25. The van der Waals surface area contributed by atoms with Crippen LogP contribution in [-0.4, -0.2) is 34.7 Å². The minimum Gasteiger partial charge on any atom is -0.0659 e. The highest BCUT2D eigenvalue weighted by atomic mass is 29.2. The van der Waals surface area contributed by atoms with Gasteiger partial charge in [0.15, 0.2) is 0 Å². The van der Waals surface area contributed by atoms with E-state index in [1.54, 1.807) is 29.8 Å². The summed E-state index contributed by atoms with van der Waals surface area (Å²) in [5.41, 5.74) is 1.62. The average Bonchev–Trinajstić information content (AvgIpc) is 2.19. The molecule has 0 unspecified atom stereocenters. The minimum absolute atomic E-state index is 0.740. The fourth-order valence-electron chi connectivity index (χ4n) is 2.21. The van der Waals surface area contributed by atoms with Gasteiger partial charge in [-0.05, 0) is 0 Å². The Morgan fingerprint density at radius 3 is 1.22 bits per heavy atom. The molecule has 2 heterocycles. The second kappa shape index (κ2) is 1.72. The summed E-state index contributed by atoms with van der Waals surface area (Å²) >= 11 is 0. The van der Waals surface area contributed by atoms with Gasteiger partial charge in [-0.15, -0.1) is 0 Å². The monoisotopic (exact) mass is 182 g/mol. The van der Waals surface area contributed by atoms with Crippen LogP contribution in [0, 0.1) is 0 Å². The van der Waals surface area contributed by atoms with Crippen molar-refractivity contribution in [3.05, 3.63) is 0 Å². The first-order valence-corrected chi connectivity index (χ1v) is 11.9. The van der Waals surface area contributed by atoms with Gasteiger partial charge in [-0.25, -0.2) is 0 Å². The average molecular weight is 182 g/mol. The largest absolute Gasteiger partial charge is 0.0659 e. The van der Waals surface area contributed by atoms with E-state index in [4.69, 9.17) is 0 Å². The van der Waals surface area contributed by atoms with Gasteiger partial charge in [0.2, 0.25) is 0 Å². The molecule has 0 amide bonds. The fourth-order valence-corrected chi connectivity index (χ4v) is 30.6. The molecule has 2 saturated heterocycles. The van der Waals surface area contributed by atoms with Gasteiger partial charge in [0.1, 0.15) is 0 Å². The second-order valence-electron chi connectivity index (χ2n) is 3.74. The molecule has 0 saturated carbocycles.